The Balaban J connectivity index is 2.56. The van der Waals surface area contributed by atoms with Gasteiger partial charge >= 0.3 is 12.1 Å². The highest BCUT2D eigenvalue weighted by Crippen LogP contribution is 2.14. The summed E-state index contributed by atoms with van der Waals surface area (Å²) in [5, 5.41) is 8.69. The van der Waals surface area contributed by atoms with Crippen LogP contribution in [0.15, 0.2) is 24.3 Å². The summed E-state index contributed by atoms with van der Waals surface area (Å²) in [7, 11) is 0. The molecule has 3 N–H and O–H groups in total. The predicted molar refractivity (Wildman–Crippen MR) is 68.0 cm³/mol. The lowest BCUT2D eigenvalue weighted by molar-refractivity contribution is -0.138. The summed E-state index contributed by atoms with van der Waals surface area (Å²) < 4.78 is 9.75. The van der Waals surface area contributed by atoms with Gasteiger partial charge in [-0.05, 0) is 38.0 Å². The second-order valence-electron chi connectivity index (χ2n) is 4.31. The molecule has 0 bridgehead atoms. The molecule has 0 aromatic heterocycles. The Morgan fingerprint density at radius 3 is 2.32 bits per heavy atom. The van der Waals surface area contributed by atoms with Crippen molar-refractivity contribution in [1.29, 1.82) is 0 Å². The molecule has 0 amide bonds. The standard InChI is InChI=1S/C13H17NO5/c1-8(2)18-13(17)19-10-5-3-9(4-6-10)7-11(14)12(15)16/h3-6,8,11H,7,14H2,1-2H3,(H,15,16)/t11-/m0/s1. The number of carboxylic acid groups (broad SMARTS) is 1. The van der Waals surface area contributed by atoms with Gasteiger partial charge in [-0.1, -0.05) is 12.1 Å². The first-order valence-corrected chi connectivity index (χ1v) is 5.84. The maximum absolute atomic E-state index is 11.2. The molecule has 6 heteroatoms. The molecular formula is C13H17NO5. The Morgan fingerprint density at radius 2 is 1.84 bits per heavy atom. The van der Waals surface area contributed by atoms with Gasteiger partial charge in [0.25, 0.3) is 0 Å². The monoisotopic (exact) mass is 267 g/mol. The molecule has 1 atom stereocenters. The maximum Gasteiger partial charge on any atom is 0.514 e. The van der Waals surface area contributed by atoms with Crippen LogP contribution in [-0.4, -0.2) is 29.4 Å². The van der Waals surface area contributed by atoms with Crippen molar-refractivity contribution in [3.05, 3.63) is 29.8 Å². The van der Waals surface area contributed by atoms with Gasteiger partial charge in [0.05, 0.1) is 6.10 Å². The van der Waals surface area contributed by atoms with Gasteiger partial charge in [0.15, 0.2) is 0 Å². The van der Waals surface area contributed by atoms with Crippen molar-refractivity contribution in [2.45, 2.75) is 32.4 Å². The van der Waals surface area contributed by atoms with Crippen molar-refractivity contribution < 1.29 is 24.2 Å². The van der Waals surface area contributed by atoms with Crippen LogP contribution in [0.1, 0.15) is 19.4 Å². The van der Waals surface area contributed by atoms with Crippen LogP contribution in [0.2, 0.25) is 0 Å². The Morgan fingerprint density at radius 1 is 1.26 bits per heavy atom. The number of carbonyl (C=O) groups is 2. The molecule has 0 radical (unpaired) electrons. The molecule has 6 nitrogen and oxygen atoms in total. The molecule has 0 aliphatic carbocycles. The van der Waals surface area contributed by atoms with Crippen LogP contribution < -0.4 is 10.5 Å². The molecule has 0 fully saturated rings. The van der Waals surface area contributed by atoms with E-state index >= 15 is 0 Å². The predicted octanol–water partition coefficient (Wildman–Crippen LogP) is 1.56. The van der Waals surface area contributed by atoms with E-state index < -0.39 is 18.2 Å². The van der Waals surface area contributed by atoms with E-state index in [0.717, 1.165) is 5.56 Å². The first-order valence-electron chi connectivity index (χ1n) is 5.84. The van der Waals surface area contributed by atoms with Crippen molar-refractivity contribution in [3.63, 3.8) is 0 Å². The largest absolute Gasteiger partial charge is 0.514 e. The van der Waals surface area contributed by atoms with Crippen LogP contribution in [0.4, 0.5) is 4.79 Å². The van der Waals surface area contributed by atoms with E-state index in [1.54, 1.807) is 38.1 Å². The third-order valence-electron chi connectivity index (χ3n) is 2.23. The summed E-state index contributed by atoms with van der Waals surface area (Å²) in [6.45, 7) is 3.44. The minimum Gasteiger partial charge on any atom is -0.480 e. The van der Waals surface area contributed by atoms with E-state index in [1.807, 2.05) is 0 Å². The number of rotatable bonds is 5. The molecule has 0 saturated heterocycles. The fraction of sp³-hybridized carbons (Fsp3) is 0.385. The average Bonchev–Trinajstić information content (AvgIpc) is 2.30. The van der Waals surface area contributed by atoms with Crippen LogP contribution in [0.3, 0.4) is 0 Å². The number of aliphatic carboxylic acids is 1. The van der Waals surface area contributed by atoms with Gasteiger partial charge in [0.2, 0.25) is 0 Å². The second-order valence-corrected chi connectivity index (χ2v) is 4.31. The van der Waals surface area contributed by atoms with Crippen molar-refractivity contribution in [3.8, 4) is 5.75 Å². The van der Waals surface area contributed by atoms with Gasteiger partial charge in [-0.15, -0.1) is 0 Å². The van der Waals surface area contributed by atoms with E-state index in [2.05, 4.69) is 0 Å². The van der Waals surface area contributed by atoms with Crippen molar-refractivity contribution >= 4 is 12.1 Å². The number of carbonyl (C=O) groups excluding carboxylic acids is 1. The van der Waals surface area contributed by atoms with Gasteiger partial charge < -0.3 is 20.3 Å². The van der Waals surface area contributed by atoms with Gasteiger partial charge in [0.1, 0.15) is 11.8 Å². The summed E-state index contributed by atoms with van der Waals surface area (Å²) in [6.07, 6.45) is -0.809. The molecule has 0 aliphatic heterocycles. The summed E-state index contributed by atoms with van der Waals surface area (Å²) in [5.74, 6) is -0.723. The molecule has 1 rings (SSSR count). The number of hydrogen-bond donors (Lipinski definition) is 2. The van der Waals surface area contributed by atoms with Crippen LogP contribution >= 0.6 is 0 Å². The molecule has 104 valence electrons. The van der Waals surface area contributed by atoms with Crippen LogP contribution in [-0.2, 0) is 16.0 Å². The number of nitrogens with two attached hydrogens (primary N) is 1. The van der Waals surface area contributed by atoms with Crippen molar-refractivity contribution in [1.82, 2.24) is 0 Å². The summed E-state index contributed by atoms with van der Waals surface area (Å²) >= 11 is 0. The van der Waals surface area contributed by atoms with E-state index in [4.69, 9.17) is 20.3 Å². The van der Waals surface area contributed by atoms with Gasteiger partial charge in [0, 0.05) is 0 Å². The highest BCUT2D eigenvalue weighted by atomic mass is 16.7. The SMILES string of the molecule is CC(C)OC(=O)Oc1ccc(C[C@H](N)C(=O)O)cc1. The normalized spacial score (nSPS) is 12.0. The number of carboxylic acids is 1. The summed E-state index contributed by atoms with van der Waals surface area (Å²) in [5.41, 5.74) is 6.17. The van der Waals surface area contributed by atoms with Crippen LogP contribution in [0, 0.1) is 0 Å². The topological polar surface area (TPSA) is 98.9 Å². The lowest BCUT2D eigenvalue weighted by atomic mass is 10.1. The third kappa shape index (κ3) is 5.39. The quantitative estimate of drug-likeness (QED) is 0.620. The Bertz CT molecular complexity index is 441. The van der Waals surface area contributed by atoms with E-state index in [1.165, 1.54) is 0 Å². The van der Waals surface area contributed by atoms with E-state index in [0.29, 0.717) is 5.75 Å². The first kappa shape index (κ1) is 15.0. The molecule has 0 saturated carbocycles. The maximum atomic E-state index is 11.2. The molecule has 19 heavy (non-hydrogen) atoms. The molecule has 0 heterocycles. The Labute approximate surface area is 111 Å². The third-order valence-corrected chi connectivity index (χ3v) is 2.23. The molecule has 1 aromatic carbocycles. The Hall–Kier alpha value is -2.08. The summed E-state index contributed by atoms with van der Waals surface area (Å²) in [6, 6.07) is 5.48. The van der Waals surface area contributed by atoms with E-state index in [9.17, 15) is 9.59 Å². The average molecular weight is 267 g/mol. The molecule has 0 aliphatic rings. The van der Waals surface area contributed by atoms with Crippen molar-refractivity contribution in [2.24, 2.45) is 5.73 Å². The number of hydrogen-bond acceptors (Lipinski definition) is 5. The van der Waals surface area contributed by atoms with Gasteiger partial charge in [-0.2, -0.15) is 0 Å². The lowest BCUT2D eigenvalue weighted by Crippen LogP contribution is -2.32. The van der Waals surface area contributed by atoms with Gasteiger partial charge in [-0.25, -0.2) is 4.79 Å². The fourth-order valence-corrected chi connectivity index (χ4v) is 1.35. The minimum absolute atomic E-state index is 0.214. The fourth-order valence-electron chi connectivity index (χ4n) is 1.35. The zero-order valence-electron chi connectivity index (χ0n) is 10.8. The molecule has 1 aromatic rings. The summed E-state index contributed by atoms with van der Waals surface area (Å²) in [4.78, 5) is 21.8. The zero-order valence-corrected chi connectivity index (χ0v) is 10.8. The van der Waals surface area contributed by atoms with Crippen LogP contribution in [0.25, 0.3) is 0 Å². The van der Waals surface area contributed by atoms with Crippen molar-refractivity contribution in [2.75, 3.05) is 0 Å². The molecule has 0 unspecified atom stereocenters. The first-order chi connectivity index (χ1) is 8.88. The molecule has 0 spiro atoms. The second kappa shape index (κ2) is 6.75. The van der Waals surface area contributed by atoms with Gasteiger partial charge in [-0.3, -0.25) is 4.79 Å². The number of benzene rings is 1. The number of ether oxygens (including phenoxy) is 2. The zero-order chi connectivity index (χ0) is 14.4. The smallest absolute Gasteiger partial charge is 0.480 e. The minimum atomic E-state index is -1.05. The molecular weight excluding hydrogens is 250 g/mol. The highest BCUT2D eigenvalue weighted by Gasteiger charge is 2.12. The van der Waals surface area contributed by atoms with Crippen LogP contribution in [0.5, 0.6) is 5.75 Å². The Kier molecular flexibility index (Phi) is 5.32. The van der Waals surface area contributed by atoms with E-state index in [-0.39, 0.29) is 12.5 Å². The highest BCUT2D eigenvalue weighted by molar-refractivity contribution is 5.73. The lowest BCUT2D eigenvalue weighted by Gasteiger charge is -2.09.